The SMILES string of the molecule is NNc1ccc(S(=O)(=O)C(F)(F)F)cc1. The van der Waals surface area contributed by atoms with Crippen molar-refractivity contribution >= 4 is 15.5 Å². The smallest absolute Gasteiger partial charge is 0.324 e. The molecule has 0 aliphatic rings. The summed E-state index contributed by atoms with van der Waals surface area (Å²) in [5, 5.41) is 0. The minimum absolute atomic E-state index is 0.316. The van der Waals surface area contributed by atoms with Gasteiger partial charge in [-0.15, -0.1) is 0 Å². The molecule has 0 bridgehead atoms. The number of nitrogens with two attached hydrogens (primary N) is 1. The minimum Gasteiger partial charge on any atom is -0.324 e. The van der Waals surface area contributed by atoms with Gasteiger partial charge in [-0.2, -0.15) is 13.2 Å². The van der Waals surface area contributed by atoms with Crippen molar-refractivity contribution in [1.82, 2.24) is 0 Å². The molecule has 0 atom stereocenters. The van der Waals surface area contributed by atoms with Gasteiger partial charge in [-0.3, -0.25) is 5.84 Å². The lowest BCUT2D eigenvalue weighted by Gasteiger charge is -2.08. The molecular weight excluding hydrogens is 233 g/mol. The fraction of sp³-hybridized carbons (Fsp3) is 0.143. The van der Waals surface area contributed by atoms with Crippen LogP contribution in [0.2, 0.25) is 0 Å². The van der Waals surface area contributed by atoms with Crippen LogP contribution in [0.5, 0.6) is 0 Å². The molecule has 0 aliphatic heterocycles. The van der Waals surface area contributed by atoms with E-state index < -0.39 is 20.2 Å². The van der Waals surface area contributed by atoms with Gasteiger partial charge in [0.15, 0.2) is 0 Å². The summed E-state index contributed by atoms with van der Waals surface area (Å²) >= 11 is 0. The average Bonchev–Trinajstić information content (AvgIpc) is 2.16. The molecule has 0 heterocycles. The lowest BCUT2D eigenvalue weighted by Crippen LogP contribution is -2.23. The van der Waals surface area contributed by atoms with E-state index in [0.717, 1.165) is 24.3 Å². The molecule has 0 saturated heterocycles. The van der Waals surface area contributed by atoms with Crippen LogP contribution in [-0.4, -0.2) is 13.9 Å². The fourth-order valence-electron chi connectivity index (χ4n) is 0.864. The van der Waals surface area contributed by atoms with Crippen LogP contribution in [0.3, 0.4) is 0 Å². The Balaban J connectivity index is 3.18. The maximum atomic E-state index is 12.1. The number of hydrazine groups is 1. The van der Waals surface area contributed by atoms with Gasteiger partial charge in [-0.05, 0) is 24.3 Å². The topological polar surface area (TPSA) is 72.2 Å². The van der Waals surface area contributed by atoms with Gasteiger partial charge >= 0.3 is 5.51 Å². The molecule has 0 radical (unpaired) electrons. The summed E-state index contributed by atoms with van der Waals surface area (Å²) in [6, 6.07) is 3.94. The number of benzene rings is 1. The zero-order valence-corrected chi connectivity index (χ0v) is 8.06. The van der Waals surface area contributed by atoms with E-state index in [1.165, 1.54) is 0 Å². The summed E-state index contributed by atoms with van der Waals surface area (Å²) in [6.45, 7) is 0. The molecule has 4 nitrogen and oxygen atoms in total. The highest BCUT2D eigenvalue weighted by Gasteiger charge is 2.46. The molecule has 15 heavy (non-hydrogen) atoms. The Labute approximate surface area is 83.8 Å². The van der Waals surface area contributed by atoms with E-state index in [1.54, 1.807) is 0 Å². The van der Waals surface area contributed by atoms with Crippen molar-refractivity contribution in [3.8, 4) is 0 Å². The zero-order chi connectivity index (χ0) is 11.7. The van der Waals surface area contributed by atoms with Gasteiger partial charge in [0.25, 0.3) is 9.84 Å². The van der Waals surface area contributed by atoms with E-state index >= 15 is 0 Å². The molecule has 1 aromatic rings. The van der Waals surface area contributed by atoms with Crippen LogP contribution in [0.4, 0.5) is 18.9 Å². The maximum Gasteiger partial charge on any atom is 0.501 e. The van der Waals surface area contributed by atoms with Crippen molar-refractivity contribution in [1.29, 1.82) is 0 Å². The van der Waals surface area contributed by atoms with Crippen LogP contribution in [0, 0.1) is 0 Å². The van der Waals surface area contributed by atoms with Crippen molar-refractivity contribution in [3.05, 3.63) is 24.3 Å². The predicted molar refractivity (Wildman–Crippen MR) is 47.5 cm³/mol. The van der Waals surface area contributed by atoms with Crippen LogP contribution < -0.4 is 11.3 Å². The van der Waals surface area contributed by atoms with E-state index in [4.69, 9.17) is 5.84 Å². The minimum atomic E-state index is -5.29. The first kappa shape index (κ1) is 11.8. The number of hydrogen-bond acceptors (Lipinski definition) is 4. The van der Waals surface area contributed by atoms with Crippen LogP contribution in [0.1, 0.15) is 0 Å². The third-order valence-electron chi connectivity index (χ3n) is 1.64. The molecule has 0 unspecified atom stereocenters. The number of alkyl halides is 3. The molecule has 0 amide bonds. The van der Waals surface area contributed by atoms with E-state index in [2.05, 4.69) is 5.43 Å². The van der Waals surface area contributed by atoms with Gasteiger partial charge in [0.1, 0.15) is 0 Å². The Bertz CT molecular complexity index is 438. The fourth-order valence-corrected chi connectivity index (χ4v) is 1.63. The third kappa shape index (κ3) is 2.21. The molecule has 0 spiro atoms. The number of rotatable bonds is 2. The lowest BCUT2D eigenvalue weighted by atomic mass is 10.3. The Morgan fingerprint density at radius 1 is 1.13 bits per heavy atom. The number of halogens is 3. The Kier molecular flexibility index (Phi) is 2.91. The van der Waals surface area contributed by atoms with Gasteiger partial charge in [-0.1, -0.05) is 0 Å². The van der Waals surface area contributed by atoms with Crippen LogP contribution in [0.15, 0.2) is 29.2 Å². The molecule has 84 valence electrons. The van der Waals surface area contributed by atoms with E-state index in [-0.39, 0.29) is 0 Å². The summed E-state index contributed by atoms with van der Waals surface area (Å²) in [7, 11) is -5.27. The van der Waals surface area contributed by atoms with Gasteiger partial charge in [0.2, 0.25) is 0 Å². The van der Waals surface area contributed by atoms with Crippen LogP contribution in [-0.2, 0) is 9.84 Å². The van der Waals surface area contributed by atoms with Gasteiger partial charge < -0.3 is 5.43 Å². The van der Waals surface area contributed by atoms with Gasteiger partial charge in [0, 0.05) is 5.69 Å². The molecule has 0 saturated carbocycles. The molecule has 0 aliphatic carbocycles. The van der Waals surface area contributed by atoms with E-state index in [9.17, 15) is 21.6 Å². The Morgan fingerprint density at radius 3 is 1.93 bits per heavy atom. The highest BCUT2D eigenvalue weighted by atomic mass is 32.2. The lowest BCUT2D eigenvalue weighted by molar-refractivity contribution is -0.0436. The quantitative estimate of drug-likeness (QED) is 0.603. The number of nitrogen functional groups attached to an aromatic ring is 1. The largest absolute Gasteiger partial charge is 0.501 e. The molecule has 1 rings (SSSR count). The molecule has 0 fully saturated rings. The Hall–Kier alpha value is -1.28. The third-order valence-corrected chi connectivity index (χ3v) is 3.14. The number of nitrogens with one attached hydrogen (secondary N) is 1. The molecule has 0 aromatic heterocycles. The first-order valence-electron chi connectivity index (χ1n) is 3.67. The van der Waals surface area contributed by atoms with E-state index in [1.807, 2.05) is 0 Å². The van der Waals surface area contributed by atoms with Crippen molar-refractivity contribution < 1.29 is 21.6 Å². The average molecular weight is 240 g/mol. The van der Waals surface area contributed by atoms with Crippen molar-refractivity contribution in [2.45, 2.75) is 10.4 Å². The zero-order valence-electron chi connectivity index (χ0n) is 7.25. The monoisotopic (exact) mass is 240 g/mol. The summed E-state index contributed by atoms with van der Waals surface area (Å²) < 4.78 is 58.0. The second-order valence-electron chi connectivity index (χ2n) is 2.62. The van der Waals surface area contributed by atoms with Crippen molar-refractivity contribution in [3.63, 3.8) is 0 Å². The molecule has 3 N–H and O–H groups in total. The first-order valence-corrected chi connectivity index (χ1v) is 5.15. The van der Waals surface area contributed by atoms with Crippen molar-refractivity contribution in [2.24, 2.45) is 5.84 Å². The van der Waals surface area contributed by atoms with E-state index in [0.29, 0.717) is 5.69 Å². The predicted octanol–water partition coefficient (Wildman–Crippen LogP) is 1.27. The summed E-state index contributed by atoms with van der Waals surface area (Å²) in [6.07, 6.45) is 0. The standard InChI is InChI=1S/C7H7F3N2O2S/c8-7(9,10)15(13,14)6-3-1-5(12-11)2-4-6/h1-4,12H,11H2. The summed E-state index contributed by atoms with van der Waals surface area (Å²) in [5.41, 5.74) is -2.80. The number of hydrogen-bond donors (Lipinski definition) is 2. The molecule has 8 heteroatoms. The normalized spacial score (nSPS) is 12.5. The van der Waals surface area contributed by atoms with Crippen molar-refractivity contribution in [2.75, 3.05) is 5.43 Å². The Morgan fingerprint density at radius 2 is 1.60 bits per heavy atom. The maximum absolute atomic E-state index is 12.1. The van der Waals surface area contributed by atoms with Crippen LogP contribution >= 0.6 is 0 Å². The van der Waals surface area contributed by atoms with Gasteiger partial charge in [0.05, 0.1) is 4.90 Å². The molecular formula is C7H7F3N2O2S. The summed E-state index contributed by atoms with van der Waals surface area (Å²) in [4.78, 5) is -0.811. The highest BCUT2D eigenvalue weighted by Crippen LogP contribution is 2.30. The highest BCUT2D eigenvalue weighted by molar-refractivity contribution is 7.92. The van der Waals surface area contributed by atoms with Crippen LogP contribution in [0.25, 0.3) is 0 Å². The number of anilines is 1. The first-order chi connectivity index (χ1) is 6.79. The number of sulfone groups is 1. The summed E-state index contributed by atoms with van der Waals surface area (Å²) in [5.74, 6) is 4.97. The van der Waals surface area contributed by atoms with Gasteiger partial charge in [-0.25, -0.2) is 8.42 Å². The second-order valence-corrected chi connectivity index (χ2v) is 4.56. The second kappa shape index (κ2) is 3.70. The molecule has 1 aromatic carbocycles.